The highest BCUT2D eigenvalue weighted by Gasteiger charge is 2.25. The SMILES string of the molecule is CC(=O)N1CCCC(CCC2CCN(c3ccccc3/C=C/C(=O)CO)CC2)C1. The molecule has 1 aromatic carbocycles. The van der Waals surface area contributed by atoms with Crippen LogP contribution in [0.15, 0.2) is 30.3 Å². The molecule has 2 aliphatic rings. The lowest BCUT2D eigenvalue weighted by molar-refractivity contribution is -0.130. The number of aliphatic hydroxyl groups excluding tert-OH is 1. The van der Waals surface area contributed by atoms with Gasteiger partial charge in [-0.2, -0.15) is 0 Å². The Bertz CT molecular complexity index is 723. The van der Waals surface area contributed by atoms with Gasteiger partial charge in [-0.3, -0.25) is 9.59 Å². The third kappa shape index (κ3) is 6.17. The molecule has 2 fully saturated rings. The Morgan fingerprint density at radius 2 is 1.79 bits per heavy atom. The molecule has 1 unspecified atom stereocenters. The summed E-state index contributed by atoms with van der Waals surface area (Å²) < 4.78 is 0. The predicted octanol–water partition coefficient (Wildman–Crippen LogP) is 3.52. The maximum Gasteiger partial charge on any atom is 0.219 e. The number of amides is 1. The van der Waals surface area contributed by atoms with Crippen molar-refractivity contribution in [2.75, 3.05) is 37.7 Å². The van der Waals surface area contributed by atoms with Crippen LogP contribution in [0.1, 0.15) is 51.0 Å². The van der Waals surface area contributed by atoms with Gasteiger partial charge >= 0.3 is 0 Å². The van der Waals surface area contributed by atoms with Crippen LogP contribution in [0.3, 0.4) is 0 Å². The lowest BCUT2D eigenvalue weighted by Gasteiger charge is -2.36. The number of likely N-dealkylation sites (tertiary alicyclic amines) is 1. The Morgan fingerprint density at radius 1 is 1.07 bits per heavy atom. The second kappa shape index (κ2) is 10.6. The molecule has 1 atom stereocenters. The Kier molecular flexibility index (Phi) is 7.87. The van der Waals surface area contributed by atoms with E-state index < -0.39 is 6.61 Å². The lowest BCUT2D eigenvalue weighted by Crippen LogP contribution is -2.39. The summed E-state index contributed by atoms with van der Waals surface area (Å²) >= 11 is 0. The maximum atomic E-state index is 11.6. The van der Waals surface area contributed by atoms with E-state index >= 15 is 0 Å². The summed E-state index contributed by atoms with van der Waals surface area (Å²) in [7, 11) is 0. The maximum absolute atomic E-state index is 11.6. The van der Waals surface area contributed by atoms with E-state index in [9.17, 15) is 9.59 Å². The highest BCUT2D eigenvalue weighted by Crippen LogP contribution is 2.31. The minimum absolute atomic E-state index is 0.219. The summed E-state index contributed by atoms with van der Waals surface area (Å²) in [5.74, 6) is 1.37. The molecule has 1 aromatic rings. The lowest BCUT2D eigenvalue weighted by atomic mass is 9.85. The number of benzene rings is 1. The highest BCUT2D eigenvalue weighted by atomic mass is 16.3. The molecule has 5 nitrogen and oxygen atoms in total. The van der Waals surface area contributed by atoms with Gasteiger partial charge in [0.2, 0.25) is 5.91 Å². The molecule has 5 heteroatoms. The summed E-state index contributed by atoms with van der Waals surface area (Å²) in [5.41, 5.74) is 2.19. The van der Waals surface area contributed by atoms with Crippen LogP contribution < -0.4 is 4.90 Å². The number of nitrogens with zero attached hydrogens (tertiary/aromatic N) is 2. The Morgan fingerprint density at radius 3 is 2.52 bits per heavy atom. The average molecular weight is 399 g/mol. The molecule has 0 aliphatic carbocycles. The number of anilines is 1. The van der Waals surface area contributed by atoms with E-state index in [1.165, 1.54) is 38.2 Å². The van der Waals surface area contributed by atoms with Crippen LogP contribution >= 0.6 is 0 Å². The first kappa shape index (κ1) is 21.6. The van der Waals surface area contributed by atoms with Crippen molar-refractivity contribution in [3.05, 3.63) is 35.9 Å². The fraction of sp³-hybridized carbons (Fsp3) is 0.583. The first-order chi connectivity index (χ1) is 14.1. The van der Waals surface area contributed by atoms with Gasteiger partial charge in [0.15, 0.2) is 5.78 Å². The summed E-state index contributed by atoms with van der Waals surface area (Å²) in [6.45, 7) is 5.18. The smallest absolute Gasteiger partial charge is 0.219 e. The van der Waals surface area contributed by atoms with Crippen molar-refractivity contribution in [2.24, 2.45) is 11.8 Å². The molecule has 29 heavy (non-hydrogen) atoms. The van der Waals surface area contributed by atoms with E-state index in [0.29, 0.717) is 5.92 Å². The minimum atomic E-state index is -0.449. The van der Waals surface area contributed by atoms with Crippen LogP contribution in [0.2, 0.25) is 0 Å². The predicted molar refractivity (Wildman–Crippen MR) is 117 cm³/mol. The van der Waals surface area contributed by atoms with Crippen molar-refractivity contribution in [1.29, 1.82) is 0 Å². The van der Waals surface area contributed by atoms with Crippen molar-refractivity contribution in [1.82, 2.24) is 4.90 Å². The minimum Gasteiger partial charge on any atom is -0.388 e. The van der Waals surface area contributed by atoms with Crippen LogP contribution in [0.4, 0.5) is 5.69 Å². The molecule has 2 aliphatic heterocycles. The van der Waals surface area contributed by atoms with Crippen LogP contribution in [-0.4, -0.2) is 54.5 Å². The molecule has 0 bridgehead atoms. The van der Waals surface area contributed by atoms with Crippen molar-refractivity contribution in [2.45, 2.75) is 45.4 Å². The number of carbonyl (C=O) groups excluding carboxylic acids is 2. The van der Waals surface area contributed by atoms with E-state index in [4.69, 9.17) is 5.11 Å². The second-order valence-corrected chi connectivity index (χ2v) is 8.50. The molecule has 0 saturated carbocycles. The fourth-order valence-electron chi connectivity index (χ4n) is 4.67. The van der Waals surface area contributed by atoms with Gasteiger partial charge in [-0.15, -0.1) is 0 Å². The fourth-order valence-corrected chi connectivity index (χ4v) is 4.67. The number of hydrogen-bond acceptors (Lipinski definition) is 4. The van der Waals surface area contributed by atoms with Gasteiger partial charge < -0.3 is 14.9 Å². The number of para-hydroxylation sites is 1. The van der Waals surface area contributed by atoms with E-state index in [1.807, 2.05) is 29.2 Å². The quantitative estimate of drug-likeness (QED) is 0.714. The zero-order valence-corrected chi connectivity index (χ0v) is 17.6. The zero-order valence-electron chi connectivity index (χ0n) is 17.6. The number of carbonyl (C=O) groups is 2. The van der Waals surface area contributed by atoms with Gasteiger partial charge in [-0.1, -0.05) is 18.2 Å². The Balaban J connectivity index is 1.49. The van der Waals surface area contributed by atoms with E-state index in [0.717, 1.165) is 49.8 Å². The first-order valence-corrected chi connectivity index (χ1v) is 11.0. The van der Waals surface area contributed by atoms with E-state index in [2.05, 4.69) is 11.0 Å². The third-order valence-electron chi connectivity index (χ3n) is 6.44. The summed E-state index contributed by atoms with van der Waals surface area (Å²) in [6, 6.07) is 8.15. The topological polar surface area (TPSA) is 60.9 Å². The molecule has 3 rings (SSSR count). The van der Waals surface area contributed by atoms with Gasteiger partial charge in [0.25, 0.3) is 0 Å². The molecule has 0 aromatic heterocycles. The number of piperidine rings is 2. The molecular formula is C24H34N2O3. The van der Waals surface area contributed by atoms with E-state index in [-0.39, 0.29) is 11.7 Å². The number of hydrogen-bond donors (Lipinski definition) is 1. The highest BCUT2D eigenvalue weighted by molar-refractivity contribution is 5.95. The third-order valence-corrected chi connectivity index (χ3v) is 6.44. The molecule has 0 spiro atoms. The van der Waals surface area contributed by atoms with Gasteiger partial charge in [0.05, 0.1) is 0 Å². The first-order valence-electron chi connectivity index (χ1n) is 11.0. The van der Waals surface area contributed by atoms with Crippen LogP contribution in [0.25, 0.3) is 6.08 Å². The molecule has 2 heterocycles. The summed E-state index contributed by atoms with van der Waals surface area (Å²) in [6.07, 6.45) is 10.5. The zero-order chi connectivity index (χ0) is 20.6. The van der Waals surface area contributed by atoms with Crippen LogP contribution in [-0.2, 0) is 9.59 Å². The van der Waals surface area contributed by atoms with Crippen molar-refractivity contribution in [3.63, 3.8) is 0 Å². The van der Waals surface area contributed by atoms with Gasteiger partial charge in [0.1, 0.15) is 6.61 Å². The molecule has 1 amide bonds. The van der Waals surface area contributed by atoms with Gasteiger partial charge in [-0.25, -0.2) is 0 Å². The van der Waals surface area contributed by atoms with Gasteiger partial charge in [-0.05, 0) is 74.1 Å². The Labute approximate surface area is 174 Å². The van der Waals surface area contributed by atoms with Crippen LogP contribution in [0, 0.1) is 11.8 Å². The van der Waals surface area contributed by atoms with Gasteiger partial charge in [0, 0.05) is 38.8 Å². The van der Waals surface area contributed by atoms with Crippen molar-refractivity contribution < 1.29 is 14.7 Å². The van der Waals surface area contributed by atoms with Crippen molar-refractivity contribution in [3.8, 4) is 0 Å². The largest absolute Gasteiger partial charge is 0.388 e. The van der Waals surface area contributed by atoms with E-state index in [1.54, 1.807) is 6.92 Å². The number of aliphatic hydroxyl groups is 1. The van der Waals surface area contributed by atoms with Crippen LogP contribution in [0.5, 0.6) is 0 Å². The normalized spacial score (nSPS) is 21.0. The summed E-state index contributed by atoms with van der Waals surface area (Å²) in [5, 5.41) is 8.92. The second-order valence-electron chi connectivity index (χ2n) is 8.50. The Hall–Kier alpha value is -2.14. The van der Waals surface area contributed by atoms with Crippen molar-refractivity contribution >= 4 is 23.5 Å². The summed E-state index contributed by atoms with van der Waals surface area (Å²) in [4.78, 5) is 27.5. The number of rotatable bonds is 7. The molecule has 1 N–H and O–H groups in total. The molecule has 2 saturated heterocycles. The molecular weight excluding hydrogens is 364 g/mol. The molecule has 0 radical (unpaired) electrons. The number of ketones is 1. The molecule has 158 valence electrons. The standard InChI is InChI=1S/C24H34N2O3/c1-19(28)26-14-4-5-21(17-26)9-8-20-12-15-25(16-13-20)24-7-3-2-6-22(24)10-11-23(29)18-27/h2-3,6-7,10-11,20-21,27H,4-5,8-9,12-18H2,1H3/b11-10+. The monoisotopic (exact) mass is 398 g/mol. The average Bonchev–Trinajstić information content (AvgIpc) is 2.76.